The fraction of sp³-hybridized carbons (Fsp3) is 0.533. The largest absolute Gasteiger partial charge is 0.369 e. The molecule has 0 aliphatic rings. The van der Waals surface area contributed by atoms with E-state index in [2.05, 4.69) is 56.6 Å². The number of rotatable bonds is 7. The van der Waals surface area contributed by atoms with Gasteiger partial charge < -0.3 is 9.88 Å². The lowest BCUT2D eigenvalue weighted by Gasteiger charge is -2.13. The van der Waals surface area contributed by atoms with Gasteiger partial charge >= 0.3 is 0 Å². The van der Waals surface area contributed by atoms with E-state index in [1.54, 1.807) is 0 Å². The molecule has 5 nitrogen and oxygen atoms in total. The maximum atomic E-state index is 4.72. The standard InChI is InChI=1S/C15H22BrN5/c1-4-7-11-13(16)15(18-8-5-2)20-14(19-11)12-9-17-10-21(12)6-3/h9-10H,4-8H2,1-3H3,(H,18,19,20). The van der Waals surface area contributed by atoms with Crippen molar-refractivity contribution in [1.82, 2.24) is 19.5 Å². The van der Waals surface area contributed by atoms with Crippen LogP contribution in [0.3, 0.4) is 0 Å². The molecule has 0 saturated heterocycles. The SMILES string of the molecule is CCCNc1nc(-c2cncn2CC)nc(CCC)c1Br. The van der Waals surface area contributed by atoms with E-state index in [1.165, 1.54) is 0 Å². The van der Waals surface area contributed by atoms with Crippen LogP contribution in [-0.4, -0.2) is 26.1 Å². The van der Waals surface area contributed by atoms with Gasteiger partial charge in [0.1, 0.15) is 11.5 Å². The highest BCUT2D eigenvalue weighted by Crippen LogP contribution is 2.28. The van der Waals surface area contributed by atoms with E-state index in [4.69, 9.17) is 4.98 Å². The minimum absolute atomic E-state index is 0.736. The van der Waals surface area contributed by atoms with Crippen LogP contribution in [0.5, 0.6) is 0 Å². The molecule has 0 saturated carbocycles. The van der Waals surface area contributed by atoms with Crippen LogP contribution in [0.1, 0.15) is 39.3 Å². The van der Waals surface area contributed by atoms with Crippen molar-refractivity contribution >= 4 is 21.7 Å². The highest BCUT2D eigenvalue weighted by molar-refractivity contribution is 9.10. The first-order chi connectivity index (χ1) is 10.2. The van der Waals surface area contributed by atoms with E-state index in [0.717, 1.165) is 59.9 Å². The molecule has 0 bridgehead atoms. The average Bonchev–Trinajstić information content (AvgIpc) is 2.96. The number of imidazole rings is 1. The fourth-order valence-corrected chi connectivity index (χ4v) is 2.65. The number of nitrogens with zero attached hydrogens (tertiary/aromatic N) is 4. The Kier molecular flexibility index (Phi) is 5.73. The Bertz CT molecular complexity index is 594. The van der Waals surface area contributed by atoms with Crippen LogP contribution in [0.2, 0.25) is 0 Å². The van der Waals surface area contributed by atoms with Gasteiger partial charge in [0.15, 0.2) is 5.82 Å². The maximum absolute atomic E-state index is 4.72. The molecular weight excluding hydrogens is 330 g/mol. The predicted octanol–water partition coefficient (Wildman–Crippen LogP) is 3.90. The number of hydrogen-bond acceptors (Lipinski definition) is 4. The highest BCUT2D eigenvalue weighted by atomic mass is 79.9. The van der Waals surface area contributed by atoms with Crippen molar-refractivity contribution in [1.29, 1.82) is 0 Å². The Morgan fingerprint density at radius 2 is 2.00 bits per heavy atom. The molecular formula is C15H22BrN5. The van der Waals surface area contributed by atoms with Crippen molar-refractivity contribution in [3.8, 4) is 11.5 Å². The lowest BCUT2D eigenvalue weighted by Crippen LogP contribution is -2.09. The zero-order valence-electron chi connectivity index (χ0n) is 12.9. The Morgan fingerprint density at radius 1 is 1.19 bits per heavy atom. The molecule has 0 aliphatic carbocycles. The molecule has 6 heteroatoms. The fourth-order valence-electron chi connectivity index (χ4n) is 2.13. The molecule has 0 unspecified atom stereocenters. The second-order valence-electron chi connectivity index (χ2n) is 4.90. The van der Waals surface area contributed by atoms with Gasteiger partial charge in [-0.25, -0.2) is 15.0 Å². The van der Waals surface area contributed by atoms with Crippen LogP contribution in [0.15, 0.2) is 17.0 Å². The summed E-state index contributed by atoms with van der Waals surface area (Å²) in [7, 11) is 0. The number of aromatic nitrogens is 4. The highest BCUT2D eigenvalue weighted by Gasteiger charge is 2.15. The van der Waals surface area contributed by atoms with Gasteiger partial charge in [0.05, 0.1) is 22.7 Å². The molecule has 0 amide bonds. The Labute approximate surface area is 134 Å². The number of nitrogens with one attached hydrogen (secondary N) is 1. The van der Waals surface area contributed by atoms with Gasteiger partial charge in [0.25, 0.3) is 0 Å². The third-order valence-corrected chi connectivity index (χ3v) is 4.06. The quantitative estimate of drug-likeness (QED) is 0.821. The number of hydrogen-bond donors (Lipinski definition) is 1. The molecule has 1 N–H and O–H groups in total. The second kappa shape index (κ2) is 7.54. The molecule has 0 aromatic carbocycles. The summed E-state index contributed by atoms with van der Waals surface area (Å²) >= 11 is 3.64. The minimum Gasteiger partial charge on any atom is -0.369 e. The molecule has 2 heterocycles. The molecule has 2 rings (SSSR count). The van der Waals surface area contributed by atoms with Crippen LogP contribution in [0, 0.1) is 0 Å². The third-order valence-electron chi connectivity index (χ3n) is 3.23. The molecule has 0 radical (unpaired) electrons. The zero-order valence-corrected chi connectivity index (χ0v) is 14.4. The summed E-state index contributed by atoms with van der Waals surface area (Å²) in [5, 5.41) is 3.37. The summed E-state index contributed by atoms with van der Waals surface area (Å²) in [6.07, 6.45) is 6.68. The zero-order chi connectivity index (χ0) is 15.2. The number of halogens is 1. The Hall–Kier alpha value is -1.43. The number of anilines is 1. The Balaban J connectivity index is 2.47. The molecule has 0 atom stereocenters. The van der Waals surface area contributed by atoms with E-state index in [0.29, 0.717) is 0 Å². The van der Waals surface area contributed by atoms with Crippen molar-refractivity contribution in [3.63, 3.8) is 0 Å². The van der Waals surface area contributed by atoms with Gasteiger partial charge in [-0.3, -0.25) is 0 Å². The van der Waals surface area contributed by atoms with Crippen LogP contribution in [0.25, 0.3) is 11.5 Å². The summed E-state index contributed by atoms with van der Waals surface area (Å²) in [6, 6.07) is 0. The van der Waals surface area contributed by atoms with Gasteiger partial charge in [-0.15, -0.1) is 0 Å². The van der Waals surface area contributed by atoms with Gasteiger partial charge in [0.2, 0.25) is 0 Å². The second-order valence-corrected chi connectivity index (χ2v) is 5.69. The lowest BCUT2D eigenvalue weighted by molar-refractivity contribution is 0.761. The predicted molar refractivity (Wildman–Crippen MR) is 89.4 cm³/mol. The number of aryl methyl sites for hydroxylation is 2. The van der Waals surface area contributed by atoms with Gasteiger partial charge in [-0.1, -0.05) is 20.3 Å². The van der Waals surface area contributed by atoms with Crippen molar-refractivity contribution in [2.45, 2.75) is 46.6 Å². The summed E-state index contributed by atoms with van der Waals surface area (Å²) in [6.45, 7) is 8.14. The van der Waals surface area contributed by atoms with Crippen molar-refractivity contribution in [3.05, 3.63) is 22.7 Å². The molecule has 114 valence electrons. The molecule has 2 aromatic rings. The summed E-state index contributed by atoms with van der Waals surface area (Å²) in [5.74, 6) is 1.61. The van der Waals surface area contributed by atoms with Crippen molar-refractivity contribution in [2.75, 3.05) is 11.9 Å². The van der Waals surface area contributed by atoms with E-state index < -0.39 is 0 Å². The lowest BCUT2D eigenvalue weighted by atomic mass is 10.2. The first kappa shape index (κ1) is 15.9. The van der Waals surface area contributed by atoms with Crippen LogP contribution in [0.4, 0.5) is 5.82 Å². The van der Waals surface area contributed by atoms with Crippen molar-refractivity contribution < 1.29 is 0 Å². The van der Waals surface area contributed by atoms with Crippen LogP contribution >= 0.6 is 15.9 Å². The van der Waals surface area contributed by atoms with E-state index >= 15 is 0 Å². The average molecular weight is 352 g/mol. The topological polar surface area (TPSA) is 55.6 Å². The first-order valence-electron chi connectivity index (χ1n) is 7.51. The molecule has 2 aromatic heterocycles. The normalized spacial score (nSPS) is 10.9. The summed E-state index contributed by atoms with van der Waals surface area (Å²) < 4.78 is 3.03. The smallest absolute Gasteiger partial charge is 0.180 e. The van der Waals surface area contributed by atoms with Crippen molar-refractivity contribution in [2.24, 2.45) is 0 Å². The third kappa shape index (κ3) is 3.61. The molecule has 0 fully saturated rings. The summed E-state index contributed by atoms with van der Waals surface area (Å²) in [5.41, 5.74) is 2.01. The monoisotopic (exact) mass is 351 g/mol. The van der Waals surface area contributed by atoms with Gasteiger partial charge in [-0.05, 0) is 35.7 Å². The van der Waals surface area contributed by atoms with Gasteiger partial charge in [0, 0.05) is 13.1 Å². The van der Waals surface area contributed by atoms with Crippen LogP contribution in [-0.2, 0) is 13.0 Å². The molecule has 21 heavy (non-hydrogen) atoms. The molecule has 0 aliphatic heterocycles. The van der Waals surface area contributed by atoms with E-state index in [1.807, 2.05) is 12.5 Å². The maximum Gasteiger partial charge on any atom is 0.180 e. The molecule has 0 spiro atoms. The van der Waals surface area contributed by atoms with E-state index in [-0.39, 0.29) is 0 Å². The first-order valence-corrected chi connectivity index (χ1v) is 8.31. The summed E-state index contributed by atoms with van der Waals surface area (Å²) in [4.78, 5) is 13.6. The van der Waals surface area contributed by atoms with E-state index in [9.17, 15) is 0 Å². The van der Waals surface area contributed by atoms with Gasteiger partial charge in [-0.2, -0.15) is 0 Å². The minimum atomic E-state index is 0.736. The Morgan fingerprint density at radius 3 is 2.67 bits per heavy atom. The van der Waals surface area contributed by atoms with Crippen LogP contribution < -0.4 is 5.32 Å².